The van der Waals surface area contributed by atoms with E-state index in [0.29, 0.717) is 33.7 Å². The Hall–Kier alpha value is -2.75. The molecule has 0 heterocycles. The molecule has 0 aromatic heterocycles. The van der Waals surface area contributed by atoms with Gasteiger partial charge in [0.05, 0.1) is 0 Å². The number of carbonyl (C=O) groups is 2. The molecule has 4 rings (SSSR count). The second-order valence-corrected chi connectivity index (χ2v) is 30.9. The van der Waals surface area contributed by atoms with Crippen LogP contribution in [0.15, 0.2) is 84.9 Å². The molecule has 5 nitrogen and oxygen atoms in total. The summed E-state index contributed by atoms with van der Waals surface area (Å²) in [5.41, 5.74) is 7.54. The van der Waals surface area contributed by atoms with Crippen molar-refractivity contribution in [1.82, 2.24) is 0 Å². The predicted octanol–water partition coefficient (Wildman–Crippen LogP) is 8.18. The van der Waals surface area contributed by atoms with Crippen LogP contribution in [0.2, 0.25) is 51.4 Å². The van der Waals surface area contributed by atoms with E-state index in [1.54, 1.807) is 0 Å². The summed E-state index contributed by atoms with van der Waals surface area (Å²) in [4.78, 5) is 24.1. The standard InChI is InChI=1S/C21H28O2SeSi.C16H16O2Se.C5H14OSi/c1-16-13-17(2)20(21(22)23-11-12-25(3,4)5)18(14-16)15-24-19-9-7-6-8-10-19;1-11-8-12(2)15(16(17)18)13(9-11)10-19-14-6-4-3-5-7-14;1-7(2,3)5-4-6/h6-10,13-14H,11-12,15H2,1-5H3;3-9H,10H2,1-2H3,(H,17,18);6H,4-5H2,1-3H3. The molecule has 0 aliphatic rings. The Kier molecular flexibility index (Phi) is 18.9. The molecule has 0 bridgehead atoms. The number of benzene rings is 4. The number of aliphatic hydroxyl groups is 1. The van der Waals surface area contributed by atoms with E-state index < -0.39 is 22.1 Å². The molecule has 0 saturated carbocycles. The molecule has 51 heavy (non-hydrogen) atoms. The summed E-state index contributed by atoms with van der Waals surface area (Å²) >= 11 is 0.584. The van der Waals surface area contributed by atoms with E-state index in [-0.39, 0.29) is 20.9 Å². The molecule has 4 aromatic carbocycles. The maximum atomic E-state index is 12.7. The average molecular weight is 857 g/mol. The van der Waals surface area contributed by atoms with Crippen molar-refractivity contribution in [1.29, 1.82) is 0 Å². The monoisotopic (exact) mass is 858 g/mol. The number of hydrogen-bond donors (Lipinski definition) is 2. The van der Waals surface area contributed by atoms with Crippen LogP contribution in [0.1, 0.15) is 54.1 Å². The number of carbonyl (C=O) groups excluding carboxylic acids is 1. The van der Waals surface area contributed by atoms with Gasteiger partial charge < -0.3 is 5.11 Å². The Balaban J connectivity index is 0.000000305. The van der Waals surface area contributed by atoms with Crippen molar-refractivity contribution in [3.63, 3.8) is 0 Å². The van der Waals surface area contributed by atoms with Gasteiger partial charge in [0.15, 0.2) is 0 Å². The summed E-state index contributed by atoms with van der Waals surface area (Å²) in [6, 6.07) is 31.0. The molecule has 0 aliphatic heterocycles. The number of aromatic carboxylic acids is 1. The Labute approximate surface area is 322 Å². The van der Waals surface area contributed by atoms with E-state index in [0.717, 1.165) is 56.1 Å². The Morgan fingerprint density at radius 3 is 1.41 bits per heavy atom. The summed E-state index contributed by atoms with van der Waals surface area (Å²) in [5, 5.41) is 19.5. The van der Waals surface area contributed by atoms with Crippen molar-refractivity contribution in [2.75, 3.05) is 13.2 Å². The summed E-state index contributed by atoms with van der Waals surface area (Å²) < 4.78 is 8.27. The van der Waals surface area contributed by atoms with Crippen molar-refractivity contribution < 1.29 is 24.5 Å². The Morgan fingerprint density at radius 1 is 0.627 bits per heavy atom. The molecule has 2 N–H and O–H groups in total. The molecular formula is C42H58O5Se2Si2. The van der Waals surface area contributed by atoms with E-state index in [1.807, 2.05) is 57.2 Å². The van der Waals surface area contributed by atoms with Gasteiger partial charge in [-0.25, -0.2) is 0 Å². The third-order valence-corrected chi connectivity index (χ3v) is 15.6. The topological polar surface area (TPSA) is 83.8 Å². The van der Waals surface area contributed by atoms with E-state index in [9.17, 15) is 14.7 Å². The van der Waals surface area contributed by atoms with Crippen LogP contribution in [-0.2, 0) is 15.4 Å². The fourth-order valence-electron chi connectivity index (χ4n) is 5.15. The molecule has 9 heteroatoms. The number of esters is 1. The number of hydrogen-bond acceptors (Lipinski definition) is 4. The van der Waals surface area contributed by atoms with E-state index in [4.69, 9.17) is 9.84 Å². The Bertz CT molecular complexity index is 1680. The van der Waals surface area contributed by atoms with Crippen molar-refractivity contribution in [3.8, 4) is 0 Å². The van der Waals surface area contributed by atoms with Gasteiger partial charge >= 0.3 is 278 Å². The van der Waals surface area contributed by atoms with Gasteiger partial charge in [-0.1, -0.05) is 19.6 Å². The van der Waals surface area contributed by atoms with Crippen LogP contribution in [-0.4, -0.2) is 81.4 Å². The van der Waals surface area contributed by atoms with E-state index in [2.05, 4.69) is 94.7 Å². The summed E-state index contributed by atoms with van der Waals surface area (Å²) in [7, 11) is -2.10. The van der Waals surface area contributed by atoms with Crippen molar-refractivity contribution in [2.24, 2.45) is 0 Å². The zero-order valence-corrected chi connectivity index (χ0v) is 37.7. The Morgan fingerprint density at radius 2 is 1.04 bits per heavy atom. The third-order valence-electron chi connectivity index (χ3n) is 7.76. The van der Waals surface area contributed by atoms with Gasteiger partial charge in [-0.2, -0.15) is 0 Å². The molecular weight excluding hydrogens is 799 g/mol. The van der Waals surface area contributed by atoms with Crippen LogP contribution in [0.3, 0.4) is 0 Å². The summed E-state index contributed by atoms with van der Waals surface area (Å²) in [6.45, 7) is 22.5. The number of rotatable bonds is 13. The summed E-state index contributed by atoms with van der Waals surface area (Å²) in [6.07, 6.45) is 0. The van der Waals surface area contributed by atoms with Crippen LogP contribution >= 0.6 is 0 Å². The molecule has 0 saturated heterocycles. The molecule has 4 aromatic rings. The van der Waals surface area contributed by atoms with Gasteiger partial charge in [-0.05, 0) is 6.04 Å². The molecule has 0 unspecified atom stereocenters. The number of aliphatic hydroxyl groups excluding tert-OH is 1. The first kappa shape index (κ1) is 44.4. The second kappa shape index (κ2) is 21.7. The van der Waals surface area contributed by atoms with Gasteiger partial charge in [0, 0.05) is 14.7 Å². The predicted molar refractivity (Wildman–Crippen MR) is 224 cm³/mol. The van der Waals surface area contributed by atoms with Gasteiger partial charge in [0.1, 0.15) is 0 Å². The van der Waals surface area contributed by atoms with Crippen LogP contribution < -0.4 is 8.92 Å². The molecule has 0 fully saturated rings. The van der Waals surface area contributed by atoms with E-state index >= 15 is 0 Å². The van der Waals surface area contributed by atoms with Gasteiger partial charge in [0.25, 0.3) is 0 Å². The summed E-state index contributed by atoms with van der Waals surface area (Å²) in [5.74, 6) is -0.981. The minimum atomic E-state index is -1.19. The zero-order valence-electron chi connectivity index (χ0n) is 32.3. The average Bonchev–Trinajstić information content (AvgIpc) is 3.02. The van der Waals surface area contributed by atoms with E-state index in [1.165, 1.54) is 14.5 Å². The van der Waals surface area contributed by atoms with Gasteiger partial charge in [-0.3, -0.25) is 0 Å². The van der Waals surface area contributed by atoms with Crippen LogP contribution in [0.5, 0.6) is 0 Å². The number of aryl methyl sites for hydroxylation is 4. The van der Waals surface area contributed by atoms with Crippen LogP contribution in [0.25, 0.3) is 0 Å². The third kappa shape index (κ3) is 17.6. The van der Waals surface area contributed by atoms with Gasteiger partial charge in [-0.15, -0.1) is 0 Å². The molecule has 0 atom stereocenters. The first-order valence-corrected chi connectivity index (χ1v) is 29.0. The number of carboxylic acids is 1. The number of ether oxygens (including phenoxy) is 1. The molecule has 0 spiro atoms. The fraction of sp³-hybridized carbons (Fsp3) is 0.381. The van der Waals surface area contributed by atoms with Crippen molar-refractivity contribution in [3.05, 3.63) is 129 Å². The SMILES string of the molecule is C[Si](C)(C)CCO.Cc1cc(C)c(C(=O)O)c(C[Se]c2ccccc2)c1.Cc1cc(C)c(C(=O)OCC[Si](C)(C)C)c(C[Se]c2ccccc2)c1. The molecule has 0 radical (unpaired) electrons. The zero-order chi connectivity index (χ0) is 38.2. The number of carboxylic acid groups (broad SMARTS) is 1. The van der Waals surface area contributed by atoms with Crippen molar-refractivity contribution in [2.45, 2.75) is 89.7 Å². The first-order chi connectivity index (χ1) is 23.9. The van der Waals surface area contributed by atoms with Crippen molar-refractivity contribution >= 4 is 66.9 Å². The van der Waals surface area contributed by atoms with Crippen LogP contribution in [0.4, 0.5) is 0 Å². The van der Waals surface area contributed by atoms with Gasteiger partial charge in [0.2, 0.25) is 0 Å². The quantitative estimate of drug-likeness (QED) is 0.105. The second-order valence-electron chi connectivity index (χ2n) is 15.2. The molecule has 276 valence electrons. The first-order valence-electron chi connectivity index (χ1n) is 17.5. The minimum absolute atomic E-state index is 0.158. The van der Waals surface area contributed by atoms with Crippen LogP contribution in [0, 0.1) is 27.7 Å². The maximum absolute atomic E-state index is 12.7. The normalized spacial score (nSPS) is 11.1. The molecule has 0 aliphatic carbocycles. The molecule has 0 amide bonds. The fourth-order valence-corrected chi connectivity index (χ4v) is 10.3.